The Bertz CT molecular complexity index is 919. The molecule has 24 heavy (non-hydrogen) atoms. The van der Waals surface area contributed by atoms with Gasteiger partial charge in [-0.25, -0.2) is 18.4 Å². The largest absolute Gasteiger partial charge is 0.480 e. The number of amides is 1. The van der Waals surface area contributed by atoms with Crippen LogP contribution in [-0.2, 0) is 27.8 Å². The summed E-state index contributed by atoms with van der Waals surface area (Å²) in [6.07, 6.45) is 0.212. The number of carboxylic acid groups (broad SMARTS) is 1. The van der Waals surface area contributed by atoms with E-state index in [4.69, 9.17) is 5.14 Å². The number of primary sulfonamides is 1. The minimum atomic E-state index is -3.89. The van der Waals surface area contributed by atoms with E-state index >= 15 is 0 Å². The molecule has 1 aliphatic rings. The van der Waals surface area contributed by atoms with Crippen LogP contribution in [0.3, 0.4) is 0 Å². The number of hydrogen-bond donors (Lipinski definition) is 2. The molecule has 1 amide bonds. The van der Waals surface area contributed by atoms with E-state index in [1.165, 1.54) is 16.3 Å². The summed E-state index contributed by atoms with van der Waals surface area (Å²) in [5, 5.41) is 15.9. The minimum Gasteiger partial charge on any atom is -0.480 e. The molecule has 0 spiro atoms. The maximum absolute atomic E-state index is 12.7. The van der Waals surface area contributed by atoms with Gasteiger partial charge in [0, 0.05) is 18.3 Å². The molecule has 1 unspecified atom stereocenters. The van der Waals surface area contributed by atoms with E-state index < -0.39 is 27.9 Å². The van der Waals surface area contributed by atoms with E-state index in [0.717, 1.165) is 22.5 Å². The summed E-state index contributed by atoms with van der Waals surface area (Å²) in [5.41, 5.74) is 1.89. The summed E-state index contributed by atoms with van der Waals surface area (Å²) in [5.74, 6) is -1.62. The monoisotopic (exact) mass is 366 g/mol. The predicted molar refractivity (Wildman–Crippen MR) is 87.1 cm³/mol. The summed E-state index contributed by atoms with van der Waals surface area (Å²) in [7, 11) is -3.89. The lowest BCUT2D eigenvalue weighted by Gasteiger charge is -2.34. The van der Waals surface area contributed by atoms with Crippen LogP contribution in [0.5, 0.6) is 0 Å². The molecule has 1 aliphatic heterocycles. The number of carboxylic acids is 1. The Morgan fingerprint density at radius 1 is 1.25 bits per heavy atom. The van der Waals surface area contributed by atoms with Crippen molar-refractivity contribution >= 4 is 33.2 Å². The Morgan fingerprint density at radius 2 is 1.92 bits per heavy atom. The smallest absolute Gasteiger partial charge is 0.326 e. The van der Waals surface area contributed by atoms with Crippen LogP contribution in [-0.4, -0.2) is 36.3 Å². The van der Waals surface area contributed by atoms with E-state index in [1.807, 2.05) is 24.3 Å². The number of hydrogen-bond acceptors (Lipinski definition) is 5. The van der Waals surface area contributed by atoms with E-state index in [-0.39, 0.29) is 22.7 Å². The molecule has 0 fully saturated rings. The highest BCUT2D eigenvalue weighted by Gasteiger charge is 2.35. The molecule has 9 heteroatoms. The average Bonchev–Trinajstić information content (AvgIpc) is 3.03. The molecule has 2 heterocycles. The number of thiophene rings is 1. The molecular formula is C15H14N2O5S2. The molecule has 0 saturated carbocycles. The van der Waals surface area contributed by atoms with Crippen LogP contribution in [0.15, 0.2) is 39.9 Å². The van der Waals surface area contributed by atoms with Gasteiger partial charge < -0.3 is 10.0 Å². The fourth-order valence-corrected chi connectivity index (χ4v) is 4.28. The van der Waals surface area contributed by atoms with Crippen molar-refractivity contribution in [3.63, 3.8) is 0 Å². The number of fused-ring (bicyclic) bond motifs is 1. The molecule has 0 saturated heterocycles. The van der Waals surface area contributed by atoms with Gasteiger partial charge in [0.15, 0.2) is 0 Å². The zero-order valence-electron chi connectivity index (χ0n) is 12.4. The molecule has 1 atom stereocenters. The molecule has 0 radical (unpaired) electrons. The Morgan fingerprint density at radius 3 is 2.50 bits per heavy atom. The first kappa shape index (κ1) is 16.6. The van der Waals surface area contributed by atoms with Gasteiger partial charge in [0.2, 0.25) is 10.0 Å². The predicted octanol–water partition coefficient (Wildman–Crippen LogP) is 1.05. The molecule has 0 bridgehead atoms. The van der Waals surface area contributed by atoms with Gasteiger partial charge in [-0.05, 0) is 17.2 Å². The van der Waals surface area contributed by atoms with Gasteiger partial charge in [-0.1, -0.05) is 24.3 Å². The van der Waals surface area contributed by atoms with Gasteiger partial charge in [0.1, 0.15) is 10.3 Å². The summed E-state index contributed by atoms with van der Waals surface area (Å²) in [6, 6.07) is 7.53. The first-order chi connectivity index (χ1) is 11.3. The Hall–Kier alpha value is -2.23. The van der Waals surface area contributed by atoms with E-state index in [1.54, 1.807) is 0 Å². The topological polar surface area (TPSA) is 118 Å². The number of nitrogens with two attached hydrogens (primary N) is 1. The molecule has 126 valence electrons. The van der Waals surface area contributed by atoms with Crippen LogP contribution in [0.25, 0.3) is 0 Å². The van der Waals surface area contributed by atoms with E-state index in [2.05, 4.69) is 0 Å². The number of sulfonamides is 1. The molecule has 7 nitrogen and oxygen atoms in total. The standard InChI is InChI=1S/C15H14N2O5S2/c16-24(21,22)13-6-11(8-23-13)14(18)17-7-10-4-2-1-3-9(10)5-12(17)15(19)20/h1-4,6,8,12H,5,7H2,(H,19,20)(H2,16,21,22). The maximum Gasteiger partial charge on any atom is 0.326 e. The Kier molecular flexibility index (Phi) is 4.16. The molecular weight excluding hydrogens is 352 g/mol. The summed E-state index contributed by atoms with van der Waals surface area (Å²) < 4.78 is 22.6. The summed E-state index contributed by atoms with van der Waals surface area (Å²) in [6.45, 7) is 0.159. The van der Waals surface area contributed by atoms with Crippen molar-refractivity contribution in [2.24, 2.45) is 5.14 Å². The number of nitrogens with zero attached hydrogens (tertiary/aromatic N) is 1. The fraction of sp³-hybridized carbons (Fsp3) is 0.200. The molecule has 1 aromatic carbocycles. The minimum absolute atomic E-state index is 0.120. The van der Waals surface area contributed by atoms with Gasteiger partial charge in [0.25, 0.3) is 5.91 Å². The van der Waals surface area contributed by atoms with Crippen LogP contribution in [0.4, 0.5) is 0 Å². The van der Waals surface area contributed by atoms with Crippen molar-refractivity contribution in [1.29, 1.82) is 0 Å². The van der Waals surface area contributed by atoms with Crippen LogP contribution in [0, 0.1) is 0 Å². The highest BCUT2D eigenvalue weighted by Crippen LogP contribution is 2.27. The Labute approximate surface area is 142 Å². The molecule has 3 rings (SSSR count). The quantitative estimate of drug-likeness (QED) is 0.842. The zero-order valence-corrected chi connectivity index (χ0v) is 14.0. The van der Waals surface area contributed by atoms with Gasteiger partial charge in [-0.15, -0.1) is 11.3 Å². The maximum atomic E-state index is 12.7. The first-order valence-corrected chi connectivity index (χ1v) is 9.42. The van der Waals surface area contributed by atoms with Crippen LogP contribution < -0.4 is 5.14 Å². The number of rotatable bonds is 3. The third-order valence-electron chi connectivity index (χ3n) is 3.90. The van der Waals surface area contributed by atoms with Crippen LogP contribution >= 0.6 is 11.3 Å². The third kappa shape index (κ3) is 3.05. The van der Waals surface area contributed by atoms with Crippen molar-refractivity contribution < 1.29 is 23.1 Å². The van der Waals surface area contributed by atoms with Crippen molar-refractivity contribution in [3.8, 4) is 0 Å². The van der Waals surface area contributed by atoms with E-state index in [9.17, 15) is 23.1 Å². The summed E-state index contributed by atoms with van der Waals surface area (Å²) in [4.78, 5) is 25.5. The number of benzene rings is 1. The number of aliphatic carboxylic acids is 1. The van der Waals surface area contributed by atoms with Gasteiger partial charge >= 0.3 is 5.97 Å². The zero-order chi connectivity index (χ0) is 17.5. The molecule has 3 N–H and O–H groups in total. The van der Waals surface area contributed by atoms with Crippen LogP contribution in [0.2, 0.25) is 0 Å². The Balaban J connectivity index is 1.95. The normalized spacial score (nSPS) is 17.4. The van der Waals surface area contributed by atoms with Crippen molar-refractivity contribution in [2.75, 3.05) is 0 Å². The summed E-state index contributed by atoms with van der Waals surface area (Å²) >= 11 is 0.836. The van der Waals surface area contributed by atoms with Gasteiger partial charge in [-0.2, -0.15) is 0 Å². The van der Waals surface area contributed by atoms with Gasteiger partial charge in [-0.3, -0.25) is 4.79 Å². The highest BCUT2D eigenvalue weighted by molar-refractivity contribution is 7.91. The van der Waals surface area contributed by atoms with Crippen molar-refractivity contribution in [1.82, 2.24) is 4.90 Å². The molecule has 1 aromatic heterocycles. The number of carbonyl (C=O) groups is 2. The first-order valence-electron chi connectivity index (χ1n) is 6.99. The molecule has 2 aromatic rings. The SMILES string of the molecule is NS(=O)(=O)c1cc(C(=O)N2Cc3ccccc3CC2C(=O)O)cs1. The van der Waals surface area contributed by atoms with Gasteiger partial charge in [0.05, 0.1) is 5.56 Å². The van der Waals surface area contributed by atoms with E-state index in [0.29, 0.717) is 0 Å². The van der Waals surface area contributed by atoms with Crippen molar-refractivity contribution in [3.05, 3.63) is 52.4 Å². The lowest BCUT2D eigenvalue weighted by atomic mass is 9.93. The number of carbonyl (C=O) groups excluding carboxylic acids is 1. The third-order valence-corrected chi connectivity index (χ3v) is 6.28. The highest BCUT2D eigenvalue weighted by atomic mass is 32.2. The second-order valence-electron chi connectivity index (χ2n) is 5.46. The second kappa shape index (κ2) is 6.00. The lowest BCUT2D eigenvalue weighted by Crippen LogP contribution is -2.48. The second-order valence-corrected chi connectivity index (χ2v) is 8.16. The fourth-order valence-electron chi connectivity index (χ4n) is 2.70. The molecule has 0 aliphatic carbocycles. The lowest BCUT2D eigenvalue weighted by molar-refractivity contribution is -0.142. The van der Waals surface area contributed by atoms with Crippen molar-refractivity contribution in [2.45, 2.75) is 23.2 Å². The average molecular weight is 366 g/mol. The van der Waals surface area contributed by atoms with Crippen LogP contribution in [0.1, 0.15) is 21.5 Å².